The molecular formula is C27H33N3O3S. The van der Waals surface area contributed by atoms with Crippen LogP contribution in [0.5, 0.6) is 5.75 Å². The number of methoxy groups -OCH3 is 1. The second-order valence-electron chi connectivity index (χ2n) is 9.05. The summed E-state index contributed by atoms with van der Waals surface area (Å²) in [5.74, 6) is 7.21. The minimum Gasteiger partial charge on any atom is -0.497 e. The molecule has 4 rings (SSSR count). The SMILES string of the molecule is COc1ccc2ncc(CN)c([C@H](O)CCC3(CO)CCN(CC#Cc4cccs4)CC3)c2c1. The van der Waals surface area contributed by atoms with Crippen molar-refractivity contribution in [2.24, 2.45) is 11.1 Å². The van der Waals surface area contributed by atoms with Crippen molar-refractivity contribution in [1.29, 1.82) is 0 Å². The molecule has 7 heteroatoms. The van der Waals surface area contributed by atoms with Crippen LogP contribution in [-0.2, 0) is 6.54 Å². The number of ether oxygens (including phenoxy) is 1. The molecular weight excluding hydrogens is 446 g/mol. The lowest BCUT2D eigenvalue weighted by Gasteiger charge is -2.40. The molecule has 0 saturated carbocycles. The van der Waals surface area contributed by atoms with Crippen molar-refractivity contribution in [3.63, 3.8) is 0 Å². The van der Waals surface area contributed by atoms with Gasteiger partial charge in [-0.25, -0.2) is 0 Å². The van der Waals surface area contributed by atoms with E-state index in [1.165, 1.54) is 0 Å². The number of pyridine rings is 1. The number of piperidine rings is 1. The van der Waals surface area contributed by atoms with E-state index in [4.69, 9.17) is 10.5 Å². The molecule has 0 radical (unpaired) electrons. The molecule has 34 heavy (non-hydrogen) atoms. The highest BCUT2D eigenvalue weighted by molar-refractivity contribution is 7.10. The van der Waals surface area contributed by atoms with Crippen LogP contribution in [0.2, 0.25) is 0 Å². The third kappa shape index (κ3) is 5.60. The molecule has 4 N–H and O–H groups in total. The molecule has 0 aliphatic carbocycles. The Morgan fingerprint density at radius 1 is 1.29 bits per heavy atom. The molecule has 1 aromatic carbocycles. The Morgan fingerprint density at radius 2 is 2.12 bits per heavy atom. The van der Waals surface area contributed by atoms with Gasteiger partial charge >= 0.3 is 0 Å². The fraction of sp³-hybridized carbons (Fsp3) is 0.444. The number of rotatable bonds is 8. The van der Waals surface area contributed by atoms with Crippen LogP contribution in [-0.4, -0.2) is 53.4 Å². The molecule has 0 bridgehead atoms. The Hall–Kier alpha value is -2.47. The second kappa shape index (κ2) is 11.3. The molecule has 0 unspecified atom stereocenters. The van der Waals surface area contributed by atoms with E-state index in [0.717, 1.165) is 71.6 Å². The molecule has 0 amide bonds. The number of aliphatic hydroxyl groups is 2. The highest BCUT2D eigenvalue weighted by atomic mass is 32.1. The molecule has 1 saturated heterocycles. The van der Waals surface area contributed by atoms with Gasteiger partial charge in [0.25, 0.3) is 0 Å². The van der Waals surface area contributed by atoms with Gasteiger partial charge in [-0.1, -0.05) is 17.9 Å². The van der Waals surface area contributed by atoms with Crippen LogP contribution in [0.4, 0.5) is 0 Å². The van der Waals surface area contributed by atoms with Gasteiger partial charge in [0.2, 0.25) is 0 Å². The monoisotopic (exact) mass is 479 g/mol. The quantitative estimate of drug-likeness (QED) is 0.427. The fourth-order valence-corrected chi connectivity index (χ4v) is 5.36. The van der Waals surface area contributed by atoms with Crippen molar-refractivity contribution in [3.05, 3.63) is 57.9 Å². The summed E-state index contributed by atoms with van der Waals surface area (Å²) in [5, 5.41) is 24.4. The number of likely N-dealkylation sites (tertiary alicyclic amines) is 1. The van der Waals surface area contributed by atoms with Gasteiger partial charge in [-0.2, -0.15) is 0 Å². The van der Waals surface area contributed by atoms with E-state index in [1.54, 1.807) is 24.6 Å². The highest BCUT2D eigenvalue weighted by Gasteiger charge is 2.34. The summed E-state index contributed by atoms with van der Waals surface area (Å²) in [6.07, 6.45) is 4.16. The zero-order chi connectivity index (χ0) is 24.0. The van der Waals surface area contributed by atoms with Gasteiger partial charge in [-0.3, -0.25) is 9.88 Å². The Kier molecular flexibility index (Phi) is 8.19. The molecule has 0 spiro atoms. The predicted octanol–water partition coefficient (Wildman–Crippen LogP) is 3.70. The third-order valence-corrected chi connectivity index (χ3v) is 7.77. The third-order valence-electron chi connectivity index (χ3n) is 6.99. The molecule has 3 aromatic rings. The second-order valence-corrected chi connectivity index (χ2v) is 10.00. The molecule has 6 nitrogen and oxygen atoms in total. The van der Waals surface area contributed by atoms with Crippen molar-refractivity contribution in [2.45, 2.75) is 38.3 Å². The Bertz CT molecular complexity index is 1140. The number of hydrogen-bond acceptors (Lipinski definition) is 7. The molecule has 1 atom stereocenters. The maximum Gasteiger partial charge on any atom is 0.119 e. The normalized spacial score (nSPS) is 16.7. The Balaban J connectivity index is 1.42. The van der Waals surface area contributed by atoms with E-state index in [-0.39, 0.29) is 12.0 Å². The number of nitrogens with two attached hydrogens (primary N) is 1. The van der Waals surface area contributed by atoms with E-state index < -0.39 is 6.10 Å². The lowest BCUT2D eigenvalue weighted by atomic mass is 9.74. The van der Waals surface area contributed by atoms with Gasteiger partial charge in [0.15, 0.2) is 0 Å². The average molecular weight is 480 g/mol. The number of benzene rings is 1. The molecule has 3 heterocycles. The topological polar surface area (TPSA) is 91.8 Å². The van der Waals surface area contributed by atoms with Crippen LogP contribution in [0.25, 0.3) is 10.9 Å². The number of aliphatic hydroxyl groups excluding tert-OH is 2. The first-order valence-electron chi connectivity index (χ1n) is 11.8. The van der Waals surface area contributed by atoms with Gasteiger partial charge in [0.05, 0.1) is 30.2 Å². The van der Waals surface area contributed by atoms with Crippen LogP contribution in [0.15, 0.2) is 41.9 Å². The maximum absolute atomic E-state index is 11.3. The van der Waals surface area contributed by atoms with Crippen molar-refractivity contribution < 1.29 is 14.9 Å². The summed E-state index contributed by atoms with van der Waals surface area (Å²) in [7, 11) is 1.63. The van der Waals surface area contributed by atoms with Crippen molar-refractivity contribution in [3.8, 4) is 17.6 Å². The smallest absolute Gasteiger partial charge is 0.119 e. The lowest BCUT2D eigenvalue weighted by molar-refractivity contribution is 0.0272. The van der Waals surface area contributed by atoms with Gasteiger partial charge in [-0.15, -0.1) is 11.3 Å². The largest absolute Gasteiger partial charge is 0.497 e. The van der Waals surface area contributed by atoms with Crippen molar-refractivity contribution in [1.82, 2.24) is 9.88 Å². The number of nitrogens with zero attached hydrogens (tertiary/aromatic N) is 2. The first-order valence-corrected chi connectivity index (χ1v) is 12.6. The number of hydrogen-bond donors (Lipinski definition) is 3. The number of fused-ring (bicyclic) bond motifs is 1. The molecule has 1 aliphatic heterocycles. The molecule has 180 valence electrons. The number of aromatic nitrogens is 1. The van der Waals surface area contributed by atoms with E-state index in [9.17, 15) is 10.2 Å². The molecule has 1 aliphatic rings. The van der Waals surface area contributed by atoms with E-state index in [2.05, 4.69) is 21.7 Å². The Labute approximate surface area is 205 Å². The average Bonchev–Trinajstić information content (AvgIpc) is 3.40. The zero-order valence-corrected chi connectivity index (χ0v) is 20.5. The first kappa shape index (κ1) is 24.6. The highest BCUT2D eigenvalue weighted by Crippen LogP contribution is 2.39. The summed E-state index contributed by atoms with van der Waals surface area (Å²) in [6.45, 7) is 2.98. The predicted molar refractivity (Wildman–Crippen MR) is 137 cm³/mol. The van der Waals surface area contributed by atoms with Gasteiger partial charge in [-0.05, 0) is 85.0 Å². The van der Waals surface area contributed by atoms with E-state index >= 15 is 0 Å². The summed E-state index contributed by atoms with van der Waals surface area (Å²) in [5.41, 5.74) is 8.28. The van der Waals surface area contributed by atoms with Crippen LogP contribution in [0.3, 0.4) is 0 Å². The summed E-state index contributed by atoms with van der Waals surface area (Å²) < 4.78 is 5.39. The minimum atomic E-state index is -0.686. The minimum absolute atomic E-state index is 0.128. The maximum atomic E-state index is 11.3. The summed E-state index contributed by atoms with van der Waals surface area (Å²) >= 11 is 1.66. The van der Waals surface area contributed by atoms with Crippen LogP contribution in [0, 0.1) is 17.3 Å². The standard InChI is InChI=1S/C27H33N3O3S/c1-33-21-6-7-24-23(16-21)26(20(17-28)18-29-24)25(32)8-9-27(19-31)10-13-30(14-11-27)12-2-4-22-5-3-15-34-22/h3,5-7,15-16,18,25,31-32H,8-14,17,19,28H2,1H3/t25-/m1/s1. The lowest BCUT2D eigenvalue weighted by Crippen LogP contribution is -2.42. The Morgan fingerprint density at radius 3 is 2.79 bits per heavy atom. The van der Waals surface area contributed by atoms with Crippen LogP contribution < -0.4 is 10.5 Å². The van der Waals surface area contributed by atoms with Gasteiger partial charge < -0.3 is 20.7 Å². The van der Waals surface area contributed by atoms with Crippen LogP contribution >= 0.6 is 11.3 Å². The van der Waals surface area contributed by atoms with Gasteiger partial charge in [0.1, 0.15) is 5.75 Å². The van der Waals surface area contributed by atoms with E-state index in [1.807, 2.05) is 35.7 Å². The molecule has 1 fully saturated rings. The number of thiophene rings is 1. The van der Waals surface area contributed by atoms with Crippen molar-refractivity contribution >= 4 is 22.2 Å². The first-order chi connectivity index (χ1) is 16.6. The van der Waals surface area contributed by atoms with Crippen LogP contribution in [0.1, 0.15) is 47.8 Å². The van der Waals surface area contributed by atoms with Crippen molar-refractivity contribution in [2.75, 3.05) is 33.4 Å². The zero-order valence-electron chi connectivity index (χ0n) is 19.7. The summed E-state index contributed by atoms with van der Waals surface area (Å²) in [6, 6.07) is 9.73. The summed E-state index contributed by atoms with van der Waals surface area (Å²) in [4.78, 5) is 7.94. The van der Waals surface area contributed by atoms with Gasteiger partial charge in [0, 0.05) is 24.7 Å². The molecule has 2 aromatic heterocycles. The fourth-order valence-electron chi connectivity index (χ4n) is 4.76. The van der Waals surface area contributed by atoms with E-state index in [0.29, 0.717) is 13.0 Å².